The minimum Gasteiger partial charge on any atom is -0.378 e. The molecule has 178 valence electrons. The summed E-state index contributed by atoms with van der Waals surface area (Å²) in [6, 6.07) is 12.9. The van der Waals surface area contributed by atoms with Gasteiger partial charge in [0, 0.05) is 31.2 Å². The van der Waals surface area contributed by atoms with Crippen LogP contribution >= 0.6 is 0 Å². The predicted octanol–water partition coefficient (Wildman–Crippen LogP) is 4.20. The highest BCUT2D eigenvalue weighted by atomic mass is 19.1. The molecule has 1 N–H and O–H groups in total. The first-order chi connectivity index (χ1) is 16.5. The molecule has 6 nitrogen and oxygen atoms in total. The summed E-state index contributed by atoms with van der Waals surface area (Å²) < 4.78 is 22.5. The Balaban J connectivity index is 1.55. The number of morpholine rings is 1. The second-order valence-electron chi connectivity index (χ2n) is 9.24. The first-order valence-electron chi connectivity index (χ1n) is 12.1. The third-order valence-electron chi connectivity index (χ3n) is 6.93. The lowest BCUT2D eigenvalue weighted by atomic mass is 10.0. The number of nitrogens with zero attached hydrogens (tertiary/aromatic N) is 2. The van der Waals surface area contributed by atoms with Crippen molar-refractivity contribution in [2.24, 2.45) is 0 Å². The fourth-order valence-electron chi connectivity index (χ4n) is 4.77. The van der Waals surface area contributed by atoms with Crippen LogP contribution in [0.4, 0.5) is 10.1 Å². The molecular weight excluding hydrogens is 433 g/mol. The van der Waals surface area contributed by atoms with E-state index in [-0.39, 0.29) is 10.9 Å². The summed E-state index contributed by atoms with van der Waals surface area (Å²) in [4.78, 5) is 28.7. The van der Waals surface area contributed by atoms with Gasteiger partial charge in [-0.15, -0.1) is 0 Å². The molecule has 0 atom stereocenters. The van der Waals surface area contributed by atoms with Crippen molar-refractivity contribution in [2.75, 3.05) is 31.2 Å². The Morgan fingerprint density at radius 2 is 1.88 bits per heavy atom. The lowest BCUT2D eigenvalue weighted by Gasteiger charge is -2.29. The third kappa shape index (κ3) is 4.20. The molecule has 34 heavy (non-hydrogen) atoms. The van der Waals surface area contributed by atoms with E-state index in [1.165, 1.54) is 6.07 Å². The smallest absolute Gasteiger partial charge is 0.257 e. The van der Waals surface area contributed by atoms with Crippen LogP contribution in [0.3, 0.4) is 0 Å². The van der Waals surface area contributed by atoms with Gasteiger partial charge in [-0.05, 0) is 37.0 Å². The van der Waals surface area contributed by atoms with Gasteiger partial charge in [-0.3, -0.25) is 9.59 Å². The summed E-state index contributed by atoms with van der Waals surface area (Å²) in [7, 11) is 0. The molecule has 1 saturated heterocycles. The van der Waals surface area contributed by atoms with Gasteiger partial charge in [0.15, 0.2) is 0 Å². The monoisotopic (exact) mass is 463 g/mol. The first kappa shape index (κ1) is 22.6. The van der Waals surface area contributed by atoms with Crippen molar-refractivity contribution >= 4 is 22.5 Å². The van der Waals surface area contributed by atoms with Gasteiger partial charge in [0.1, 0.15) is 11.4 Å². The highest BCUT2D eigenvalue weighted by molar-refractivity contribution is 5.98. The molecule has 2 aromatic carbocycles. The van der Waals surface area contributed by atoms with E-state index in [1.807, 2.05) is 39.8 Å². The van der Waals surface area contributed by atoms with Gasteiger partial charge in [-0.25, -0.2) is 4.39 Å². The SMILES string of the molecule is CCCCn1cc(C(=O)NC2(c3ccccc3)CC2)c(=O)c2cc(F)c(N3CCOCC3)cc21. The van der Waals surface area contributed by atoms with Gasteiger partial charge in [0.25, 0.3) is 5.91 Å². The lowest BCUT2D eigenvalue weighted by Crippen LogP contribution is -2.38. The van der Waals surface area contributed by atoms with Gasteiger partial charge in [-0.2, -0.15) is 0 Å². The number of benzene rings is 2. The topological polar surface area (TPSA) is 63.6 Å². The highest BCUT2D eigenvalue weighted by Crippen LogP contribution is 2.45. The number of anilines is 1. The molecule has 3 aromatic rings. The lowest BCUT2D eigenvalue weighted by molar-refractivity contribution is 0.0929. The molecule has 2 aliphatic rings. The average molecular weight is 464 g/mol. The van der Waals surface area contributed by atoms with Crippen LogP contribution < -0.4 is 15.6 Å². The maximum atomic E-state index is 15.2. The maximum Gasteiger partial charge on any atom is 0.257 e. The number of halogens is 1. The average Bonchev–Trinajstić information content (AvgIpc) is 3.65. The number of amides is 1. The summed E-state index contributed by atoms with van der Waals surface area (Å²) in [6.07, 6.45) is 5.16. The second kappa shape index (κ2) is 9.22. The van der Waals surface area contributed by atoms with E-state index in [2.05, 4.69) is 12.2 Å². The number of ether oxygens (including phenoxy) is 1. The molecule has 1 aliphatic carbocycles. The molecule has 0 radical (unpaired) electrons. The summed E-state index contributed by atoms with van der Waals surface area (Å²) in [6.45, 7) is 5.03. The van der Waals surface area contributed by atoms with Crippen LogP contribution in [-0.2, 0) is 16.8 Å². The van der Waals surface area contributed by atoms with Crippen molar-refractivity contribution in [2.45, 2.75) is 44.7 Å². The van der Waals surface area contributed by atoms with E-state index in [9.17, 15) is 9.59 Å². The molecule has 1 amide bonds. The summed E-state index contributed by atoms with van der Waals surface area (Å²) in [5.41, 5.74) is 1.36. The molecule has 2 fully saturated rings. The van der Waals surface area contributed by atoms with E-state index in [0.29, 0.717) is 44.1 Å². The van der Waals surface area contributed by atoms with Crippen LogP contribution in [-0.4, -0.2) is 36.8 Å². The zero-order chi connectivity index (χ0) is 23.7. The van der Waals surface area contributed by atoms with E-state index >= 15 is 4.39 Å². The third-order valence-corrected chi connectivity index (χ3v) is 6.93. The van der Waals surface area contributed by atoms with E-state index in [1.54, 1.807) is 12.3 Å². The van der Waals surface area contributed by atoms with Crippen LogP contribution in [0.15, 0.2) is 53.5 Å². The molecular formula is C27H30FN3O3. The predicted molar refractivity (Wildman–Crippen MR) is 131 cm³/mol. The van der Waals surface area contributed by atoms with Crippen LogP contribution in [0.1, 0.15) is 48.5 Å². The molecule has 1 aromatic heterocycles. The summed E-state index contributed by atoms with van der Waals surface area (Å²) >= 11 is 0. The molecule has 1 aliphatic heterocycles. The standard InChI is InChI=1S/C27H30FN3O3/c1-2-3-11-31-18-21(26(33)29-27(9-10-27)19-7-5-4-6-8-19)25(32)20-16-22(28)24(17-23(20)31)30-12-14-34-15-13-30/h4-8,16-18H,2-3,9-15H2,1H3,(H,29,33). The van der Waals surface area contributed by atoms with Gasteiger partial charge in [0.2, 0.25) is 5.43 Å². The van der Waals surface area contributed by atoms with Gasteiger partial charge >= 0.3 is 0 Å². The number of aromatic nitrogens is 1. The van der Waals surface area contributed by atoms with Crippen LogP contribution in [0.2, 0.25) is 0 Å². The minimum atomic E-state index is -0.450. The van der Waals surface area contributed by atoms with E-state index in [0.717, 1.165) is 31.2 Å². The maximum absolute atomic E-state index is 15.2. The first-order valence-corrected chi connectivity index (χ1v) is 12.1. The Bertz CT molecular complexity index is 1260. The van der Waals surface area contributed by atoms with E-state index < -0.39 is 22.7 Å². The Morgan fingerprint density at radius 3 is 2.56 bits per heavy atom. The van der Waals surface area contributed by atoms with Crippen molar-refractivity contribution in [1.82, 2.24) is 9.88 Å². The van der Waals surface area contributed by atoms with Crippen LogP contribution in [0.25, 0.3) is 10.9 Å². The Kier molecular flexibility index (Phi) is 6.13. The number of hydrogen-bond acceptors (Lipinski definition) is 4. The van der Waals surface area contributed by atoms with Crippen molar-refractivity contribution in [1.29, 1.82) is 0 Å². The van der Waals surface area contributed by atoms with Crippen molar-refractivity contribution in [3.05, 3.63) is 75.8 Å². The number of carbonyl (C=O) groups excluding carboxylic acids is 1. The largest absolute Gasteiger partial charge is 0.378 e. The van der Waals surface area contributed by atoms with E-state index in [4.69, 9.17) is 4.74 Å². The quantitative estimate of drug-likeness (QED) is 0.571. The van der Waals surface area contributed by atoms with Crippen LogP contribution in [0.5, 0.6) is 0 Å². The molecule has 1 saturated carbocycles. The molecule has 0 unspecified atom stereocenters. The zero-order valence-electron chi connectivity index (χ0n) is 19.5. The Labute approximate surface area is 198 Å². The van der Waals surface area contributed by atoms with Gasteiger partial charge in [0.05, 0.1) is 30.0 Å². The Hall–Kier alpha value is -3.19. The Morgan fingerprint density at radius 1 is 1.15 bits per heavy atom. The molecule has 5 rings (SSSR count). The fraction of sp³-hybridized carbons (Fsp3) is 0.407. The van der Waals surface area contributed by atoms with Gasteiger partial charge in [-0.1, -0.05) is 43.7 Å². The summed E-state index contributed by atoms with van der Waals surface area (Å²) in [5.74, 6) is -0.856. The molecule has 2 heterocycles. The minimum absolute atomic E-state index is 0.0596. The second-order valence-corrected chi connectivity index (χ2v) is 9.24. The van der Waals surface area contributed by atoms with Gasteiger partial charge < -0.3 is 19.5 Å². The number of rotatable bonds is 7. The van der Waals surface area contributed by atoms with Crippen molar-refractivity contribution in [3.63, 3.8) is 0 Å². The number of carbonyl (C=O) groups is 1. The highest BCUT2D eigenvalue weighted by Gasteiger charge is 2.46. The summed E-state index contributed by atoms with van der Waals surface area (Å²) in [5, 5.41) is 3.34. The zero-order valence-corrected chi connectivity index (χ0v) is 19.5. The number of unbranched alkanes of at least 4 members (excludes halogenated alkanes) is 1. The molecule has 0 spiro atoms. The fourth-order valence-corrected chi connectivity index (χ4v) is 4.77. The van der Waals surface area contributed by atoms with Crippen molar-refractivity contribution < 1.29 is 13.9 Å². The molecule has 0 bridgehead atoms. The normalized spacial score (nSPS) is 17.1. The van der Waals surface area contributed by atoms with Crippen LogP contribution in [0, 0.1) is 5.82 Å². The number of aryl methyl sites for hydroxylation is 1. The number of fused-ring (bicyclic) bond motifs is 1. The van der Waals surface area contributed by atoms with Crippen molar-refractivity contribution in [3.8, 4) is 0 Å². The number of pyridine rings is 1. The number of hydrogen-bond donors (Lipinski definition) is 1. The number of nitrogens with one attached hydrogen (secondary N) is 1. The molecule has 7 heteroatoms.